The van der Waals surface area contributed by atoms with E-state index in [1.165, 1.54) is 6.20 Å². The highest BCUT2D eigenvalue weighted by atomic mass is 16.4. The Balaban J connectivity index is 2.93. The molecule has 0 radical (unpaired) electrons. The van der Waals surface area contributed by atoms with Gasteiger partial charge in [0.1, 0.15) is 18.4 Å². The lowest BCUT2D eigenvalue weighted by Gasteiger charge is -2.25. The van der Waals surface area contributed by atoms with Gasteiger partial charge in [0.15, 0.2) is 0 Å². The minimum atomic E-state index is -0.903. The second kappa shape index (κ2) is 5.12. The zero-order valence-corrected chi connectivity index (χ0v) is 9.21. The van der Waals surface area contributed by atoms with Gasteiger partial charge in [-0.1, -0.05) is 0 Å². The summed E-state index contributed by atoms with van der Waals surface area (Å²) < 4.78 is 0. The number of aromatic nitrogens is 1. The Bertz CT molecular complexity index is 406. The Labute approximate surface area is 93.9 Å². The maximum Gasteiger partial charge on any atom is 0.323 e. The molecule has 1 N–H and O–H groups in total. The van der Waals surface area contributed by atoms with Crippen molar-refractivity contribution in [2.24, 2.45) is 0 Å². The zero-order chi connectivity index (χ0) is 12.1. The fourth-order valence-corrected chi connectivity index (χ4v) is 1.30. The van der Waals surface area contributed by atoms with Crippen LogP contribution < -0.4 is 4.90 Å². The molecular weight excluding hydrogens is 206 g/mol. The number of carbonyl (C=O) groups is 1. The molecule has 5 nitrogen and oxygen atoms in total. The molecule has 5 heteroatoms. The van der Waals surface area contributed by atoms with Crippen LogP contribution in [-0.2, 0) is 4.79 Å². The van der Waals surface area contributed by atoms with Gasteiger partial charge >= 0.3 is 5.97 Å². The number of carboxylic acid groups (broad SMARTS) is 1. The summed E-state index contributed by atoms with van der Waals surface area (Å²) in [6.07, 6.45) is 1.44. The number of nitriles is 1. The maximum absolute atomic E-state index is 10.7. The van der Waals surface area contributed by atoms with Crippen LogP contribution in [0.3, 0.4) is 0 Å². The number of hydrogen-bond acceptors (Lipinski definition) is 4. The molecule has 0 spiro atoms. The lowest BCUT2D eigenvalue weighted by molar-refractivity contribution is -0.135. The van der Waals surface area contributed by atoms with Gasteiger partial charge in [0.2, 0.25) is 0 Å². The third-order valence-electron chi connectivity index (χ3n) is 2.10. The number of carboxylic acids is 1. The molecule has 0 aliphatic rings. The van der Waals surface area contributed by atoms with E-state index in [1.807, 2.05) is 19.9 Å². The summed E-state index contributed by atoms with van der Waals surface area (Å²) >= 11 is 0. The highest BCUT2D eigenvalue weighted by Gasteiger charge is 2.14. The Hall–Kier alpha value is -2.09. The third-order valence-corrected chi connectivity index (χ3v) is 2.10. The Morgan fingerprint density at radius 1 is 1.62 bits per heavy atom. The average Bonchev–Trinajstić information content (AvgIpc) is 2.25. The monoisotopic (exact) mass is 219 g/mol. The lowest BCUT2D eigenvalue weighted by atomic mass is 10.2. The SMILES string of the molecule is CC(C)N(CC(=O)O)c1ccc(C#N)cn1. The molecule has 0 aliphatic heterocycles. The van der Waals surface area contributed by atoms with Crippen LogP contribution in [0.4, 0.5) is 5.82 Å². The van der Waals surface area contributed by atoms with Crippen LogP contribution in [0.1, 0.15) is 19.4 Å². The van der Waals surface area contributed by atoms with Gasteiger partial charge in [-0.2, -0.15) is 5.26 Å². The summed E-state index contributed by atoms with van der Waals surface area (Å²) in [6.45, 7) is 3.68. The Morgan fingerprint density at radius 3 is 2.69 bits per heavy atom. The van der Waals surface area contributed by atoms with Crippen molar-refractivity contribution in [1.82, 2.24) is 4.98 Å². The molecule has 0 atom stereocenters. The molecule has 0 saturated heterocycles. The Kier molecular flexibility index (Phi) is 3.84. The van der Waals surface area contributed by atoms with Crippen LogP contribution in [0.15, 0.2) is 18.3 Å². The van der Waals surface area contributed by atoms with E-state index in [9.17, 15) is 4.79 Å². The van der Waals surface area contributed by atoms with E-state index < -0.39 is 5.97 Å². The molecule has 0 aliphatic carbocycles. The van der Waals surface area contributed by atoms with E-state index in [0.717, 1.165) is 0 Å². The van der Waals surface area contributed by atoms with Crippen molar-refractivity contribution >= 4 is 11.8 Å². The van der Waals surface area contributed by atoms with Gasteiger partial charge in [0, 0.05) is 12.2 Å². The highest BCUT2D eigenvalue weighted by molar-refractivity contribution is 5.73. The highest BCUT2D eigenvalue weighted by Crippen LogP contribution is 2.13. The van der Waals surface area contributed by atoms with Crippen LogP contribution in [0, 0.1) is 11.3 Å². The molecule has 0 aromatic carbocycles. The Morgan fingerprint density at radius 2 is 2.31 bits per heavy atom. The van der Waals surface area contributed by atoms with Crippen molar-refractivity contribution in [2.75, 3.05) is 11.4 Å². The van der Waals surface area contributed by atoms with Gasteiger partial charge in [-0.05, 0) is 26.0 Å². The molecule has 0 unspecified atom stereocenters. The largest absolute Gasteiger partial charge is 0.480 e. The van der Waals surface area contributed by atoms with Gasteiger partial charge in [-0.15, -0.1) is 0 Å². The van der Waals surface area contributed by atoms with Crippen LogP contribution >= 0.6 is 0 Å². The summed E-state index contributed by atoms with van der Waals surface area (Å²) in [7, 11) is 0. The quantitative estimate of drug-likeness (QED) is 0.824. The molecule has 1 aromatic rings. The number of aliphatic carboxylic acids is 1. The maximum atomic E-state index is 10.7. The van der Waals surface area contributed by atoms with E-state index in [-0.39, 0.29) is 12.6 Å². The van der Waals surface area contributed by atoms with Crippen molar-refractivity contribution in [3.63, 3.8) is 0 Å². The van der Waals surface area contributed by atoms with Gasteiger partial charge < -0.3 is 10.0 Å². The van der Waals surface area contributed by atoms with Gasteiger partial charge in [-0.25, -0.2) is 4.98 Å². The zero-order valence-electron chi connectivity index (χ0n) is 9.21. The standard InChI is InChI=1S/C11H13N3O2/c1-8(2)14(7-11(15)16)10-4-3-9(5-12)6-13-10/h3-4,6,8H,7H2,1-2H3,(H,15,16). The number of nitrogens with zero attached hydrogens (tertiary/aromatic N) is 3. The minimum Gasteiger partial charge on any atom is -0.480 e. The van der Waals surface area contributed by atoms with Crippen molar-refractivity contribution < 1.29 is 9.90 Å². The second-order valence-corrected chi connectivity index (χ2v) is 3.63. The summed E-state index contributed by atoms with van der Waals surface area (Å²) in [5.74, 6) is -0.337. The van der Waals surface area contributed by atoms with Gasteiger partial charge in [0.05, 0.1) is 5.56 Å². The smallest absolute Gasteiger partial charge is 0.323 e. The first-order chi connectivity index (χ1) is 7.54. The number of anilines is 1. The molecule has 16 heavy (non-hydrogen) atoms. The normalized spacial score (nSPS) is 9.88. The minimum absolute atomic E-state index is 0.0385. The van der Waals surface area contributed by atoms with E-state index >= 15 is 0 Å². The van der Waals surface area contributed by atoms with Crippen LogP contribution in [-0.4, -0.2) is 28.6 Å². The predicted octanol–water partition coefficient (Wildman–Crippen LogP) is 1.25. The molecule has 0 fully saturated rings. The van der Waals surface area contributed by atoms with E-state index in [0.29, 0.717) is 11.4 Å². The fraction of sp³-hybridized carbons (Fsp3) is 0.364. The van der Waals surface area contributed by atoms with Crippen LogP contribution in [0.5, 0.6) is 0 Å². The topological polar surface area (TPSA) is 77.2 Å². The molecule has 0 saturated carbocycles. The summed E-state index contributed by atoms with van der Waals surface area (Å²) in [4.78, 5) is 16.4. The molecular formula is C11H13N3O2. The number of rotatable bonds is 4. The summed E-state index contributed by atoms with van der Waals surface area (Å²) in [5.41, 5.74) is 0.461. The molecule has 1 aromatic heterocycles. The van der Waals surface area contributed by atoms with Crippen molar-refractivity contribution in [2.45, 2.75) is 19.9 Å². The first kappa shape index (κ1) is 12.0. The molecule has 0 amide bonds. The third kappa shape index (κ3) is 2.95. The molecule has 0 bridgehead atoms. The van der Waals surface area contributed by atoms with Crippen LogP contribution in [0.25, 0.3) is 0 Å². The van der Waals surface area contributed by atoms with Crippen molar-refractivity contribution in [1.29, 1.82) is 5.26 Å². The van der Waals surface area contributed by atoms with Crippen molar-refractivity contribution in [3.8, 4) is 6.07 Å². The van der Waals surface area contributed by atoms with Crippen molar-refractivity contribution in [3.05, 3.63) is 23.9 Å². The predicted molar refractivity (Wildman–Crippen MR) is 59.1 cm³/mol. The number of pyridine rings is 1. The van der Waals surface area contributed by atoms with Crippen LogP contribution in [0.2, 0.25) is 0 Å². The second-order valence-electron chi connectivity index (χ2n) is 3.63. The summed E-state index contributed by atoms with van der Waals surface area (Å²) in [5, 5.41) is 17.4. The number of hydrogen-bond donors (Lipinski definition) is 1. The molecule has 1 heterocycles. The fourth-order valence-electron chi connectivity index (χ4n) is 1.30. The van der Waals surface area contributed by atoms with E-state index in [1.54, 1.807) is 17.0 Å². The molecule has 1 rings (SSSR count). The first-order valence-electron chi connectivity index (χ1n) is 4.89. The average molecular weight is 219 g/mol. The van der Waals surface area contributed by atoms with E-state index in [2.05, 4.69) is 4.98 Å². The van der Waals surface area contributed by atoms with Gasteiger partial charge in [-0.3, -0.25) is 4.79 Å². The molecule has 84 valence electrons. The first-order valence-corrected chi connectivity index (χ1v) is 4.89. The lowest BCUT2D eigenvalue weighted by Crippen LogP contribution is -2.36. The van der Waals surface area contributed by atoms with Gasteiger partial charge in [0.25, 0.3) is 0 Å². The van der Waals surface area contributed by atoms with E-state index in [4.69, 9.17) is 10.4 Å². The summed E-state index contributed by atoms with van der Waals surface area (Å²) in [6, 6.07) is 5.28.